The predicted octanol–water partition coefficient (Wildman–Crippen LogP) is 4.35. The Labute approximate surface area is 165 Å². The van der Waals surface area contributed by atoms with Crippen molar-refractivity contribution < 1.29 is 18.7 Å². The molecule has 0 bridgehead atoms. The zero-order chi connectivity index (χ0) is 20.1. The number of methoxy groups -OCH3 is 1. The fourth-order valence-electron chi connectivity index (χ4n) is 2.86. The Kier molecular flexibility index (Phi) is 6.18. The van der Waals surface area contributed by atoms with Crippen molar-refractivity contribution in [2.45, 2.75) is 6.61 Å². The lowest BCUT2D eigenvalue weighted by molar-refractivity contribution is 0.0959. The van der Waals surface area contributed by atoms with Gasteiger partial charge >= 0.3 is 0 Å². The highest BCUT2D eigenvalue weighted by Gasteiger charge is 2.22. The molecule has 0 aliphatic carbocycles. The second kappa shape index (κ2) is 8.77. The van der Waals surface area contributed by atoms with Gasteiger partial charge in [-0.05, 0) is 24.3 Å². The lowest BCUT2D eigenvalue weighted by Crippen LogP contribution is -2.25. The minimum absolute atomic E-state index is 0.102. The maximum Gasteiger partial charge on any atom is 0.266 e. The largest absolute Gasteiger partial charge is 0.380 e. The molecule has 28 heavy (non-hydrogen) atoms. The van der Waals surface area contributed by atoms with Crippen LogP contribution in [-0.2, 0) is 11.3 Å². The molecule has 1 aromatic heterocycles. The molecule has 3 aromatic rings. The number of carbonyl (C=O) groups excluding carboxylic acids is 2. The molecule has 1 heterocycles. The third kappa shape index (κ3) is 3.95. The summed E-state index contributed by atoms with van der Waals surface area (Å²) in [6.45, 7) is 3.98. The van der Waals surface area contributed by atoms with Crippen LogP contribution in [0.1, 0.15) is 25.6 Å². The first-order valence-electron chi connectivity index (χ1n) is 8.55. The summed E-state index contributed by atoms with van der Waals surface area (Å²) in [4.78, 5) is 25.6. The van der Waals surface area contributed by atoms with Gasteiger partial charge in [-0.15, -0.1) is 17.9 Å². The van der Waals surface area contributed by atoms with E-state index < -0.39 is 11.7 Å². The van der Waals surface area contributed by atoms with Crippen LogP contribution in [0.25, 0.3) is 10.1 Å². The van der Waals surface area contributed by atoms with Gasteiger partial charge in [-0.2, -0.15) is 0 Å². The van der Waals surface area contributed by atoms with Crippen LogP contribution >= 0.6 is 11.3 Å². The Bertz CT molecular complexity index is 1050. The van der Waals surface area contributed by atoms with Crippen molar-refractivity contribution in [3.05, 3.63) is 76.9 Å². The highest BCUT2D eigenvalue weighted by Crippen LogP contribution is 2.34. The monoisotopic (exact) mass is 398 g/mol. The summed E-state index contributed by atoms with van der Waals surface area (Å²) in [5, 5.41) is 5.84. The topological polar surface area (TPSA) is 67.4 Å². The Morgan fingerprint density at radius 1 is 1.18 bits per heavy atom. The van der Waals surface area contributed by atoms with Gasteiger partial charge in [0.05, 0.1) is 22.7 Å². The summed E-state index contributed by atoms with van der Waals surface area (Å²) < 4.78 is 20.2. The van der Waals surface area contributed by atoms with Crippen molar-refractivity contribution in [3.63, 3.8) is 0 Å². The van der Waals surface area contributed by atoms with E-state index in [0.29, 0.717) is 38.3 Å². The van der Waals surface area contributed by atoms with Crippen molar-refractivity contribution in [1.29, 1.82) is 0 Å². The SMILES string of the molecule is C=CCNC(=O)c1ccccc1NC(=O)c1sc2cccc(F)c2c1COC. The Hall–Kier alpha value is -3.03. The quantitative estimate of drug-likeness (QED) is 0.581. The number of hydrogen-bond acceptors (Lipinski definition) is 4. The van der Waals surface area contributed by atoms with Gasteiger partial charge < -0.3 is 15.4 Å². The summed E-state index contributed by atoms with van der Waals surface area (Å²) in [6.07, 6.45) is 1.57. The van der Waals surface area contributed by atoms with Gasteiger partial charge in [0.25, 0.3) is 11.8 Å². The van der Waals surface area contributed by atoms with Crippen LogP contribution in [0, 0.1) is 5.82 Å². The van der Waals surface area contributed by atoms with Crippen LogP contribution < -0.4 is 10.6 Å². The van der Waals surface area contributed by atoms with Crippen LogP contribution in [0.15, 0.2) is 55.1 Å². The summed E-state index contributed by atoms with van der Waals surface area (Å²) in [7, 11) is 1.49. The number of halogens is 1. The summed E-state index contributed by atoms with van der Waals surface area (Å²) in [5.41, 5.74) is 1.19. The van der Waals surface area contributed by atoms with Crippen molar-refractivity contribution in [3.8, 4) is 0 Å². The number of para-hydroxylation sites is 1. The van der Waals surface area contributed by atoms with Crippen LogP contribution in [0.5, 0.6) is 0 Å². The molecule has 144 valence electrons. The molecule has 0 unspecified atom stereocenters. The number of hydrogen-bond donors (Lipinski definition) is 2. The molecule has 0 saturated heterocycles. The Morgan fingerprint density at radius 2 is 1.96 bits per heavy atom. The van der Waals surface area contributed by atoms with Crippen LogP contribution in [0.2, 0.25) is 0 Å². The van der Waals surface area contributed by atoms with Gasteiger partial charge in [-0.3, -0.25) is 9.59 Å². The molecule has 0 aliphatic rings. The minimum Gasteiger partial charge on any atom is -0.380 e. The summed E-state index contributed by atoms with van der Waals surface area (Å²) in [5.74, 6) is -1.14. The van der Waals surface area contributed by atoms with E-state index in [9.17, 15) is 14.0 Å². The first-order chi connectivity index (χ1) is 13.6. The van der Waals surface area contributed by atoms with E-state index in [-0.39, 0.29) is 12.5 Å². The number of ether oxygens (including phenoxy) is 1. The van der Waals surface area contributed by atoms with Gasteiger partial charge in [-0.25, -0.2) is 4.39 Å². The highest BCUT2D eigenvalue weighted by atomic mass is 32.1. The summed E-state index contributed by atoms with van der Waals surface area (Å²) >= 11 is 1.19. The third-order valence-electron chi connectivity index (χ3n) is 4.09. The molecule has 0 fully saturated rings. The lowest BCUT2D eigenvalue weighted by Gasteiger charge is -2.11. The number of fused-ring (bicyclic) bond motifs is 1. The highest BCUT2D eigenvalue weighted by molar-refractivity contribution is 7.21. The van der Waals surface area contributed by atoms with Gasteiger partial charge in [0.2, 0.25) is 0 Å². The molecule has 3 rings (SSSR count). The number of carbonyl (C=O) groups is 2. The number of amides is 2. The predicted molar refractivity (Wildman–Crippen MR) is 109 cm³/mol. The van der Waals surface area contributed by atoms with Gasteiger partial charge in [0, 0.05) is 29.3 Å². The first-order valence-corrected chi connectivity index (χ1v) is 9.36. The van der Waals surface area contributed by atoms with E-state index >= 15 is 0 Å². The third-order valence-corrected chi connectivity index (χ3v) is 5.28. The van der Waals surface area contributed by atoms with E-state index in [1.165, 1.54) is 24.5 Å². The van der Waals surface area contributed by atoms with Crippen molar-refractivity contribution in [1.82, 2.24) is 5.32 Å². The van der Waals surface area contributed by atoms with Crippen molar-refractivity contribution >= 4 is 38.9 Å². The molecule has 0 atom stereocenters. The second-order valence-electron chi connectivity index (χ2n) is 5.95. The second-order valence-corrected chi connectivity index (χ2v) is 7.01. The number of rotatable bonds is 7. The van der Waals surface area contributed by atoms with Crippen LogP contribution in [0.3, 0.4) is 0 Å². The Morgan fingerprint density at radius 3 is 2.71 bits per heavy atom. The van der Waals surface area contributed by atoms with E-state index in [1.54, 1.807) is 42.5 Å². The van der Waals surface area contributed by atoms with Gasteiger partial charge in [-0.1, -0.05) is 24.3 Å². The van der Waals surface area contributed by atoms with Crippen molar-refractivity contribution in [2.75, 3.05) is 19.0 Å². The van der Waals surface area contributed by atoms with E-state index in [1.807, 2.05) is 0 Å². The normalized spacial score (nSPS) is 10.6. The smallest absolute Gasteiger partial charge is 0.266 e. The molecule has 0 radical (unpaired) electrons. The summed E-state index contributed by atoms with van der Waals surface area (Å²) in [6, 6.07) is 11.4. The first kappa shape index (κ1) is 19.7. The number of anilines is 1. The number of benzene rings is 2. The van der Waals surface area contributed by atoms with E-state index in [2.05, 4.69) is 17.2 Å². The van der Waals surface area contributed by atoms with Gasteiger partial charge in [0.15, 0.2) is 0 Å². The molecule has 2 aromatic carbocycles. The molecule has 2 N–H and O–H groups in total. The Balaban J connectivity index is 1.96. The molecular weight excluding hydrogens is 379 g/mol. The fourth-order valence-corrected chi connectivity index (χ4v) is 3.98. The maximum absolute atomic E-state index is 14.3. The molecule has 2 amide bonds. The number of nitrogens with one attached hydrogen (secondary N) is 2. The molecule has 5 nitrogen and oxygen atoms in total. The standard InChI is InChI=1S/C21H19FN2O3S/c1-3-11-23-20(25)13-7-4-5-9-16(13)24-21(26)19-14(12-27-2)18-15(22)8-6-10-17(18)28-19/h3-10H,1,11-12H2,2H3,(H,23,25)(H,24,26). The zero-order valence-electron chi connectivity index (χ0n) is 15.3. The maximum atomic E-state index is 14.3. The molecule has 0 saturated carbocycles. The number of thiophene rings is 1. The van der Waals surface area contributed by atoms with Gasteiger partial charge in [0.1, 0.15) is 5.82 Å². The zero-order valence-corrected chi connectivity index (χ0v) is 16.1. The fraction of sp³-hybridized carbons (Fsp3) is 0.143. The molecule has 0 aliphatic heterocycles. The molecule has 7 heteroatoms. The van der Waals surface area contributed by atoms with E-state index in [0.717, 1.165) is 0 Å². The van der Waals surface area contributed by atoms with Crippen LogP contribution in [-0.4, -0.2) is 25.5 Å². The van der Waals surface area contributed by atoms with Crippen molar-refractivity contribution in [2.24, 2.45) is 0 Å². The molecule has 0 spiro atoms. The minimum atomic E-state index is -0.420. The molecular formula is C21H19FN2O3S. The van der Waals surface area contributed by atoms with E-state index in [4.69, 9.17) is 4.74 Å². The average molecular weight is 398 g/mol. The van der Waals surface area contributed by atoms with Crippen LogP contribution in [0.4, 0.5) is 10.1 Å². The lowest BCUT2D eigenvalue weighted by atomic mass is 10.1. The average Bonchev–Trinajstić information content (AvgIpc) is 3.07.